The first kappa shape index (κ1) is 27.3. The molecule has 1 N–H and O–H groups in total. The average molecular weight is 554 g/mol. The van der Waals surface area contributed by atoms with Crippen molar-refractivity contribution in [1.29, 1.82) is 0 Å². The molecule has 2 aliphatic rings. The maximum atomic E-state index is 13.0. The highest BCUT2D eigenvalue weighted by Gasteiger charge is 2.28. The van der Waals surface area contributed by atoms with Crippen molar-refractivity contribution >= 4 is 26.0 Å². The minimum atomic E-state index is -3.78. The molecule has 0 saturated carbocycles. The first-order chi connectivity index (χ1) is 17.7. The number of carbonyl (C=O) groups excluding carboxylic acids is 1. The Balaban J connectivity index is 1.34. The molecule has 2 fully saturated rings. The number of hydrogen-bond donors (Lipinski definition) is 1. The predicted molar refractivity (Wildman–Crippen MR) is 135 cm³/mol. The average Bonchev–Trinajstić information content (AvgIpc) is 3.47. The quantitative estimate of drug-likeness (QED) is 0.436. The van der Waals surface area contributed by atoms with Crippen molar-refractivity contribution < 1.29 is 35.8 Å². The number of nitrogens with one attached hydrogen (secondary N) is 1. The normalized spacial score (nSPS) is 17.4. The third-order valence-electron chi connectivity index (χ3n) is 6.21. The van der Waals surface area contributed by atoms with Gasteiger partial charge in [-0.15, -0.1) is 0 Å². The van der Waals surface area contributed by atoms with Crippen molar-refractivity contribution in [1.82, 2.24) is 13.9 Å². The van der Waals surface area contributed by atoms with E-state index in [1.54, 1.807) is 12.1 Å². The lowest BCUT2D eigenvalue weighted by atomic mass is 10.2. The van der Waals surface area contributed by atoms with Gasteiger partial charge >= 0.3 is 0 Å². The molecule has 37 heavy (non-hydrogen) atoms. The molecule has 0 unspecified atom stereocenters. The fourth-order valence-electron chi connectivity index (χ4n) is 4.18. The minimum Gasteiger partial charge on any atom is -0.496 e. The summed E-state index contributed by atoms with van der Waals surface area (Å²) in [5.41, 5.74) is 0.0910. The fourth-order valence-corrected chi connectivity index (χ4v) is 7.13. The molecular formula is C24H31N3O8S2. The Bertz CT molecular complexity index is 1300. The van der Waals surface area contributed by atoms with E-state index in [9.17, 15) is 21.6 Å². The number of amides is 1. The number of morpholine rings is 1. The zero-order valence-corrected chi connectivity index (χ0v) is 22.2. The van der Waals surface area contributed by atoms with Gasteiger partial charge in [-0.2, -0.15) is 8.61 Å². The SMILES string of the molecule is COc1ccc(S(=O)(=O)N2CCOCC2)cc1C(=O)NCCOc1ccc(S(=O)(=O)N2CCCC2)cc1. The van der Waals surface area contributed by atoms with Gasteiger partial charge in [0.2, 0.25) is 20.0 Å². The molecule has 202 valence electrons. The van der Waals surface area contributed by atoms with E-state index in [0.29, 0.717) is 32.1 Å². The van der Waals surface area contributed by atoms with Crippen LogP contribution in [0.4, 0.5) is 0 Å². The number of benzene rings is 2. The summed E-state index contributed by atoms with van der Waals surface area (Å²) in [6, 6.07) is 10.3. The Hall–Kier alpha value is -2.71. The largest absolute Gasteiger partial charge is 0.496 e. The third kappa shape index (κ3) is 6.24. The number of nitrogens with zero attached hydrogens (tertiary/aromatic N) is 2. The van der Waals surface area contributed by atoms with Gasteiger partial charge in [0.25, 0.3) is 5.91 Å². The van der Waals surface area contributed by atoms with Crippen molar-refractivity contribution in [2.24, 2.45) is 0 Å². The Morgan fingerprint density at radius 1 is 0.892 bits per heavy atom. The van der Waals surface area contributed by atoms with Crippen molar-refractivity contribution in [3.05, 3.63) is 48.0 Å². The maximum Gasteiger partial charge on any atom is 0.255 e. The minimum absolute atomic E-state index is 0.000530. The molecule has 0 aromatic heterocycles. The monoisotopic (exact) mass is 553 g/mol. The van der Waals surface area contributed by atoms with Gasteiger partial charge in [0.05, 0.1) is 42.2 Å². The van der Waals surface area contributed by atoms with Crippen LogP contribution in [0.25, 0.3) is 0 Å². The standard InChI is InChI=1S/C24H31N3O8S2/c1-33-23-9-8-21(37(31,32)27-13-16-34-17-14-27)18-22(23)24(28)25-10-15-35-19-4-6-20(7-5-19)36(29,30)26-11-2-3-12-26/h4-9,18H,2-3,10-17H2,1H3,(H,25,28). The Kier molecular flexibility index (Phi) is 8.70. The van der Waals surface area contributed by atoms with Crippen LogP contribution in [0.1, 0.15) is 23.2 Å². The van der Waals surface area contributed by atoms with E-state index in [0.717, 1.165) is 12.8 Å². The first-order valence-electron chi connectivity index (χ1n) is 12.0. The number of methoxy groups -OCH3 is 1. The van der Waals surface area contributed by atoms with E-state index in [2.05, 4.69) is 5.32 Å². The number of carbonyl (C=O) groups is 1. The van der Waals surface area contributed by atoms with Gasteiger partial charge in [0, 0.05) is 26.2 Å². The Labute approximate surface area is 217 Å². The molecule has 2 aliphatic heterocycles. The van der Waals surface area contributed by atoms with Crippen LogP contribution in [0.2, 0.25) is 0 Å². The van der Waals surface area contributed by atoms with Gasteiger partial charge < -0.3 is 19.5 Å². The molecule has 11 nitrogen and oxygen atoms in total. The van der Waals surface area contributed by atoms with Crippen molar-refractivity contribution in [2.75, 3.05) is 59.7 Å². The van der Waals surface area contributed by atoms with E-state index in [-0.39, 0.29) is 47.3 Å². The summed E-state index contributed by atoms with van der Waals surface area (Å²) in [4.78, 5) is 13.0. The molecule has 2 aromatic carbocycles. The highest BCUT2D eigenvalue weighted by molar-refractivity contribution is 7.89. The smallest absolute Gasteiger partial charge is 0.255 e. The van der Waals surface area contributed by atoms with Gasteiger partial charge in [0.15, 0.2) is 0 Å². The Morgan fingerprint density at radius 3 is 2.14 bits per heavy atom. The van der Waals surface area contributed by atoms with Crippen LogP contribution in [0.5, 0.6) is 11.5 Å². The van der Waals surface area contributed by atoms with E-state index in [1.165, 1.54) is 46.1 Å². The van der Waals surface area contributed by atoms with Gasteiger partial charge in [-0.1, -0.05) is 0 Å². The summed E-state index contributed by atoms with van der Waals surface area (Å²) in [7, 11) is -5.87. The predicted octanol–water partition coefficient (Wildman–Crippen LogP) is 1.31. The molecule has 0 aliphatic carbocycles. The van der Waals surface area contributed by atoms with Crippen LogP contribution < -0.4 is 14.8 Å². The van der Waals surface area contributed by atoms with Crippen LogP contribution in [0.3, 0.4) is 0 Å². The lowest BCUT2D eigenvalue weighted by Crippen LogP contribution is -2.40. The van der Waals surface area contributed by atoms with Crippen molar-refractivity contribution in [3.63, 3.8) is 0 Å². The molecule has 4 rings (SSSR count). The zero-order chi connectivity index (χ0) is 26.5. The highest BCUT2D eigenvalue weighted by atomic mass is 32.2. The molecule has 2 heterocycles. The summed E-state index contributed by atoms with van der Waals surface area (Å²) in [6.07, 6.45) is 1.73. The molecule has 0 radical (unpaired) electrons. The molecule has 0 spiro atoms. The summed E-state index contributed by atoms with van der Waals surface area (Å²) in [6.45, 7) is 2.46. The lowest BCUT2D eigenvalue weighted by Gasteiger charge is -2.26. The van der Waals surface area contributed by atoms with Gasteiger partial charge in [-0.3, -0.25) is 4.79 Å². The van der Waals surface area contributed by atoms with E-state index in [4.69, 9.17) is 14.2 Å². The molecule has 0 bridgehead atoms. The summed E-state index contributed by atoms with van der Waals surface area (Å²) < 4.78 is 70.1. The van der Waals surface area contributed by atoms with E-state index in [1.807, 2.05) is 0 Å². The van der Waals surface area contributed by atoms with E-state index >= 15 is 0 Å². The van der Waals surface area contributed by atoms with Crippen LogP contribution in [-0.4, -0.2) is 91.0 Å². The van der Waals surface area contributed by atoms with Gasteiger partial charge in [-0.25, -0.2) is 16.8 Å². The number of ether oxygens (including phenoxy) is 3. The second-order valence-corrected chi connectivity index (χ2v) is 12.4. The second-order valence-electron chi connectivity index (χ2n) is 8.57. The molecule has 2 aromatic rings. The van der Waals surface area contributed by atoms with Crippen LogP contribution >= 0.6 is 0 Å². The second kappa shape index (κ2) is 11.8. The lowest BCUT2D eigenvalue weighted by molar-refractivity contribution is 0.0730. The van der Waals surface area contributed by atoms with Gasteiger partial charge in [0.1, 0.15) is 18.1 Å². The van der Waals surface area contributed by atoms with Crippen LogP contribution in [0, 0.1) is 0 Å². The number of hydrogen-bond acceptors (Lipinski definition) is 8. The van der Waals surface area contributed by atoms with Crippen LogP contribution in [-0.2, 0) is 24.8 Å². The van der Waals surface area contributed by atoms with Crippen molar-refractivity contribution in [2.45, 2.75) is 22.6 Å². The topological polar surface area (TPSA) is 132 Å². The molecule has 2 saturated heterocycles. The molecule has 0 atom stereocenters. The summed E-state index contributed by atoms with van der Waals surface area (Å²) in [5.74, 6) is 0.200. The number of rotatable bonds is 10. The molecular weight excluding hydrogens is 522 g/mol. The fraction of sp³-hybridized carbons (Fsp3) is 0.458. The maximum absolute atomic E-state index is 13.0. The van der Waals surface area contributed by atoms with Crippen LogP contribution in [0.15, 0.2) is 52.3 Å². The van der Waals surface area contributed by atoms with Gasteiger partial charge in [-0.05, 0) is 55.3 Å². The zero-order valence-electron chi connectivity index (χ0n) is 20.6. The highest BCUT2D eigenvalue weighted by Crippen LogP contribution is 2.26. The summed E-state index contributed by atoms with van der Waals surface area (Å²) in [5, 5.41) is 2.70. The Morgan fingerprint density at radius 2 is 1.49 bits per heavy atom. The number of sulfonamides is 2. The van der Waals surface area contributed by atoms with E-state index < -0.39 is 26.0 Å². The van der Waals surface area contributed by atoms with Crippen molar-refractivity contribution in [3.8, 4) is 11.5 Å². The first-order valence-corrected chi connectivity index (χ1v) is 14.9. The molecule has 13 heteroatoms. The summed E-state index contributed by atoms with van der Waals surface area (Å²) >= 11 is 0. The molecule has 1 amide bonds. The third-order valence-corrected chi connectivity index (χ3v) is 10.0.